The Labute approximate surface area is 177 Å². The van der Waals surface area contributed by atoms with Crippen molar-refractivity contribution in [1.82, 2.24) is 4.98 Å². The van der Waals surface area contributed by atoms with Crippen LogP contribution in [0.4, 0.5) is 0 Å². The highest BCUT2D eigenvalue weighted by atomic mass is 35.5. The summed E-state index contributed by atoms with van der Waals surface area (Å²) in [4.78, 5) is 28.9. The molecule has 2 amide bonds. The molecule has 2 atom stereocenters. The summed E-state index contributed by atoms with van der Waals surface area (Å²) in [5, 5.41) is 9.81. The van der Waals surface area contributed by atoms with E-state index in [1.54, 1.807) is 36.5 Å². The van der Waals surface area contributed by atoms with Gasteiger partial charge in [-0.05, 0) is 42.3 Å². The van der Waals surface area contributed by atoms with E-state index in [4.69, 9.17) is 34.7 Å². The van der Waals surface area contributed by atoms with Crippen LogP contribution in [0.1, 0.15) is 12.0 Å². The highest BCUT2D eigenvalue weighted by Gasteiger charge is 2.46. The molecule has 2 aromatic rings. The smallest absolute Gasteiger partial charge is 0.237 e. The number of carbonyl (C=O) groups excluding carboxylic acids is 2. The van der Waals surface area contributed by atoms with Crippen molar-refractivity contribution in [3.05, 3.63) is 76.4 Å². The Balaban J connectivity index is 2.19. The third-order valence-corrected chi connectivity index (χ3v) is 5.86. The molecule has 29 heavy (non-hydrogen) atoms. The number of primary amides is 2. The van der Waals surface area contributed by atoms with Gasteiger partial charge in [0.25, 0.3) is 0 Å². The molecule has 5 N–H and O–H groups in total. The van der Waals surface area contributed by atoms with Crippen LogP contribution < -0.4 is 11.5 Å². The second-order valence-corrected chi connectivity index (χ2v) is 7.60. The summed E-state index contributed by atoms with van der Waals surface area (Å²) in [6.45, 7) is -0.289. The van der Waals surface area contributed by atoms with E-state index in [1.165, 1.54) is 18.2 Å². The summed E-state index contributed by atoms with van der Waals surface area (Å²) < 4.78 is 0. The predicted molar refractivity (Wildman–Crippen MR) is 112 cm³/mol. The lowest BCUT2D eigenvalue weighted by atomic mass is 9.69. The highest BCUT2D eigenvalue weighted by molar-refractivity contribution is 6.34. The van der Waals surface area contributed by atoms with Crippen molar-refractivity contribution in [3.63, 3.8) is 0 Å². The molecule has 0 saturated heterocycles. The van der Waals surface area contributed by atoms with Gasteiger partial charge in [0.2, 0.25) is 11.8 Å². The van der Waals surface area contributed by atoms with E-state index < -0.39 is 22.6 Å². The molecule has 0 aliphatic heterocycles. The van der Waals surface area contributed by atoms with Crippen LogP contribution in [0, 0.1) is 5.41 Å². The van der Waals surface area contributed by atoms with E-state index >= 15 is 0 Å². The number of hydrogen-bond donors (Lipinski definition) is 3. The lowest BCUT2D eigenvalue weighted by molar-refractivity contribution is -0.124. The second kappa shape index (κ2) is 7.99. The summed E-state index contributed by atoms with van der Waals surface area (Å²) in [5.41, 5.74) is 10.2. The van der Waals surface area contributed by atoms with Crippen LogP contribution in [0.15, 0.2) is 65.9 Å². The molecule has 0 saturated carbocycles. The lowest BCUT2D eigenvalue weighted by Crippen LogP contribution is -2.45. The molecule has 0 radical (unpaired) electrons. The maximum absolute atomic E-state index is 12.6. The first kappa shape index (κ1) is 21.0. The molecule has 1 aromatic carbocycles. The van der Waals surface area contributed by atoms with Gasteiger partial charge in [-0.2, -0.15) is 0 Å². The summed E-state index contributed by atoms with van der Waals surface area (Å²) >= 11 is 12.9. The molecular weight excluding hydrogens is 413 g/mol. The first-order chi connectivity index (χ1) is 13.8. The second-order valence-electron chi connectivity index (χ2n) is 6.79. The Hall–Kier alpha value is -2.67. The number of benzene rings is 1. The first-order valence-corrected chi connectivity index (χ1v) is 9.54. The van der Waals surface area contributed by atoms with E-state index in [-0.39, 0.29) is 18.1 Å². The number of aromatic nitrogens is 1. The Morgan fingerprint density at radius 2 is 1.83 bits per heavy atom. The van der Waals surface area contributed by atoms with Crippen molar-refractivity contribution in [3.8, 4) is 11.3 Å². The van der Waals surface area contributed by atoms with E-state index in [0.717, 1.165) is 0 Å². The summed E-state index contributed by atoms with van der Waals surface area (Å²) in [6.07, 6.45) is 5.98. The monoisotopic (exact) mass is 431 g/mol. The zero-order chi connectivity index (χ0) is 21.2. The molecule has 1 aliphatic rings. The van der Waals surface area contributed by atoms with Crippen molar-refractivity contribution in [2.24, 2.45) is 16.9 Å². The molecule has 0 fully saturated rings. The largest absolute Gasteiger partial charge is 0.396 e. The van der Waals surface area contributed by atoms with E-state index in [9.17, 15) is 14.7 Å². The molecule has 0 bridgehead atoms. The molecule has 8 heteroatoms. The van der Waals surface area contributed by atoms with Gasteiger partial charge >= 0.3 is 0 Å². The highest BCUT2D eigenvalue weighted by Crippen LogP contribution is 2.46. The summed E-state index contributed by atoms with van der Waals surface area (Å²) in [7, 11) is 0. The minimum Gasteiger partial charge on any atom is -0.396 e. The molecule has 6 nitrogen and oxygen atoms in total. The number of aliphatic hydroxyl groups is 1. The number of nitrogens with zero attached hydrogens (tertiary/aromatic N) is 1. The Morgan fingerprint density at radius 3 is 2.38 bits per heavy atom. The molecular formula is C21H19Cl2N3O3. The van der Waals surface area contributed by atoms with Gasteiger partial charge in [0.1, 0.15) is 5.41 Å². The van der Waals surface area contributed by atoms with Crippen LogP contribution in [0.25, 0.3) is 11.3 Å². The molecule has 2 unspecified atom stereocenters. The standard InChI is InChI=1S/C21H19Cl2N3O3/c22-15-5-4-13(11-14(15)16-3-1-2-9-26-16)21(19(25)29)7-6-20(8-10-27,18(24)28)12-17(21)23/h1-7,9,11-12,27H,8,10H2,(H2,24,28)(H2,25,29). The minimum absolute atomic E-state index is 0.0223. The average molecular weight is 432 g/mol. The van der Waals surface area contributed by atoms with Gasteiger partial charge in [0, 0.05) is 28.4 Å². The van der Waals surface area contributed by atoms with Crippen LogP contribution in [0.3, 0.4) is 0 Å². The molecule has 3 rings (SSSR count). The lowest BCUT2D eigenvalue weighted by Gasteiger charge is -2.36. The number of nitrogens with two attached hydrogens (primary N) is 2. The SMILES string of the molecule is NC(=O)C1(CCO)C=CC(C(N)=O)(c2ccc(Cl)c(-c3ccccn3)c2)C(Cl)=C1. The van der Waals surface area contributed by atoms with Crippen molar-refractivity contribution in [1.29, 1.82) is 0 Å². The third-order valence-electron chi connectivity index (χ3n) is 5.13. The Bertz CT molecular complexity index is 1020. The van der Waals surface area contributed by atoms with Crippen molar-refractivity contribution < 1.29 is 14.7 Å². The number of aliphatic hydroxyl groups excluding tert-OH is 1. The fourth-order valence-corrected chi connectivity index (χ4v) is 4.10. The predicted octanol–water partition coefficient (Wildman–Crippen LogP) is 2.67. The molecule has 1 aromatic heterocycles. The number of amides is 2. The topological polar surface area (TPSA) is 119 Å². The van der Waals surface area contributed by atoms with Gasteiger partial charge in [-0.1, -0.05) is 47.5 Å². The van der Waals surface area contributed by atoms with Crippen LogP contribution in [0.2, 0.25) is 5.02 Å². The maximum atomic E-state index is 12.6. The van der Waals surface area contributed by atoms with Gasteiger partial charge < -0.3 is 16.6 Å². The number of hydrogen-bond acceptors (Lipinski definition) is 4. The van der Waals surface area contributed by atoms with Crippen LogP contribution in [0.5, 0.6) is 0 Å². The summed E-state index contributed by atoms with van der Waals surface area (Å²) in [6, 6.07) is 10.4. The quantitative estimate of drug-likeness (QED) is 0.608. The number of rotatable bonds is 6. The number of halogens is 2. The fraction of sp³-hybridized carbons (Fsp3) is 0.190. The van der Waals surface area contributed by atoms with Crippen LogP contribution in [-0.4, -0.2) is 28.5 Å². The maximum Gasteiger partial charge on any atom is 0.237 e. The first-order valence-electron chi connectivity index (χ1n) is 8.78. The van der Waals surface area contributed by atoms with Crippen molar-refractivity contribution >= 4 is 35.0 Å². The van der Waals surface area contributed by atoms with Crippen molar-refractivity contribution in [2.45, 2.75) is 11.8 Å². The number of carbonyl (C=O) groups is 2. The fourth-order valence-electron chi connectivity index (χ4n) is 3.42. The molecule has 150 valence electrons. The molecule has 1 heterocycles. The number of pyridine rings is 1. The normalized spacial score (nSPS) is 23.5. The van der Waals surface area contributed by atoms with Gasteiger partial charge in [-0.3, -0.25) is 14.6 Å². The average Bonchev–Trinajstić information content (AvgIpc) is 2.69. The van der Waals surface area contributed by atoms with Crippen molar-refractivity contribution in [2.75, 3.05) is 6.61 Å². The van der Waals surface area contributed by atoms with Crippen LogP contribution in [-0.2, 0) is 15.0 Å². The molecule has 1 aliphatic carbocycles. The van der Waals surface area contributed by atoms with Gasteiger partial charge in [0.05, 0.1) is 11.1 Å². The van der Waals surface area contributed by atoms with Crippen LogP contribution >= 0.6 is 23.2 Å². The van der Waals surface area contributed by atoms with Gasteiger partial charge in [-0.15, -0.1) is 0 Å². The summed E-state index contributed by atoms with van der Waals surface area (Å²) in [5.74, 6) is -1.42. The molecule has 0 spiro atoms. The van der Waals surface area contributed by atoms with E-state index in [2.05, 4.69) is 4.98 Å². The van der Waals surface area contributed by atoms with E-state index in [1.807, 2.05) is 6.07 Å². The van der Waals surface area contributed by atoms with Gasteiger partial charge in [-0.25, -0.2) is 0 Å². The Morgan fingerprint density at radius 1 is 1.07 bits per heavy atom. The Kier molecular flexibility index (Phi) is 5.80. The third kappa shape index (κ3) is 3.55. The zero-order valence-electron chi connectivity index (χ0n) is 15.3. The van der Waals surface area contributed by atoms with Gasteiger partial charge in [0.15, 0.2) is 0 Å². The van der Waals surface area contributed by atoms with E-state index in [0.29, 0.717) is 21.8 Å². The minimum atomic E-state index is -1.51. The zero-order valence-corrected chi connectivity index (χ0v) is 16.8.